The average Bonchev–Trinajstić information content (AvgIpc) is 2.66. The van der Waals surface area contributed by atoms with E-state index in [1.165, 1.54) is 12.1 Å². The van der Waals surface area contributed by atoms with Crippen molar-refractivity contribution in [3.8, 4) is 6.07 Å². The molecular weight excluding hydrogens is 317 g/mol. The minimum atomic E-state index is -0.279. The molecule has 0 atom stereocenters. The highest BCUT2D eigenvalue weighted by molar-refractivity contribution is 5.94. The zero-order valence-electron chi connectivity index (χ0n) is 13.9. The molecule has 2 aromatic carbocycles. The molecule has 0 unspecified atom stereocenters. The summed E-state index contributed by atoms with van der Waals surface area (Å²) in [7, 11) is 0. The molecule has 1 aliphatic heterocycles. The van der Waals surface area contributed by atoms with Crippen LogP contribution in [0.15, 0.2) is 48.5 Å². The van der Waals surface area contributed by atoms with Gasteiger partial charge >= 0.3 is 0 Å². The first-order chi connectivity index (χ1) is 12.2. The first-order valence-corrected chi connectivity index (χ1v) is 8.42. The van der Waals surface area contributed by atoms with Crippen LogP contribution in [0.25, 0.3) is 0 Å². The van der Waals surface area contributed by atoms with Gasteiger partial charge in [0.15, 0.2) is 0 Å². The summed E-state index contributed by atoms with van der Waals surface area (Å²) in [6, 6.07) is 15.8. The highest BCUT2D eigenvalue weighted by Gasteiger charge is 2.22. The van der Waals surface area contributed by atoms with Crippen molar-refractivity contribution in [2.75, 3.05) is 13.1 Å². The Labute approximate surface area is 146 Å². The third-order valence-corrected chi connectivity index (χ3v) is 4.53. The zero-order chi connectivity index (χ0) is 17.6. The van der Waals surface area contributed by atoms with Crippen LogP contribution in [0.3, 0.4) is 0 Å². The second kappa shape index (κ2) is 7.91. The third-order valence-electron chi connectivity index (χ3n) is 4.53. The largest absolute Gasteiger partial charge is 0.349 e. The maximum Gasteiger partial charge on any atom is 0.251 e. The Balaban J connectivity index is 1.52. The van der Waals surface area contributed by atoms with E-state index in [4.69, 9.17) is 5.26 Å². The number of carbonyl (C=O) groups excluding carboxylic acids is 1. The lowest BCUT2D eigenvalue weighted by Crippen LogP contribution is -2.44. The lowest BCUT2D eigenvalue weighted by atomic mass is 10.0. The molecule has 0 bridgehead atoms. The van der Waals surface area contributed by atoms with Gasteiger partial charge in [-0.25, -0.2) is 4.39 Å². The number of piperidine rings is 1. The standard InChI is InChI=1S/C20H20FN3O/c21-19-7-6-15(13-22)12-17(19)14-24-10-8-18(9-11-24)23-20(25)16-4-2-1-3-5-16/h1-7,12,18H,8-11,14H2,(H,23,25). The molecule has 0 spiro atoms. The second-order valence-electron chi connectivity index (χ2n) is 6.31. The summed E-state index contributed by atoms with van der Waals surface area (Å²) in [6.07, 6.45) is 1.66. The van der Waals surface area contributed by atoms with Crippen LogP contribution >= 0.6 is 0 Å². The topological polar surface area (TPSA) is 56.1 Å². The third kappa shape index (κ3) is 4.43. The quantitative estimate of drug-likeness (QED) is 0.933. The highest BCUT2D eigenvalue weighted by atomic mass is 19.1. The number of amides is 1. The monoisotopic (exact) mass is 337 g/mol. The maximum atomic E-state index is 13.9. The summed E-state index contributed by atoms with van der Waals surface area (Å²) in [5.41, 5.74) is 1.69. The molecule has 5 heteroatoms. The molecule has 1 N–H and O–H groups in total. The van der Waals surface area contributed by atoms with Gasteiger partial charge in [-0.05, 0) is 43.2 Å². The number of nitrogens with zero attached hydrogens (tertiary/aromatic N) is 2. The second-order valence-corrected chi connectivity index (χ2v) is 6.31. The normalized spacial score (nSPS) is 15.5. The molecule has 1 amide bonds. The van der Waals surface area contributed by atoms with Crippen LogP contribution in [0.2, 0.25) is 0 Å². The van der Waals surface area contributed by atoms with E-state index >= 15 is 0 Å². The molecule has 2 aromatic rings. The van der Waals surface area contributed by atoms with Crippen molar-refractivity contribution < 1.29 is 9.18 Å². The first kappa shape index (κ1) is 17.1. The molecular formula is C20H20FN3O. The van der Waals surface area contributed by atoms with Crippen LogP contribution in [-0.2, 0) is 6.54 Å². The predicted octanol–water partition coefficient (Wildman–Crippen LogP) is 3.09. The minimum absolute atomic E-state index is 0.0492. The van der Waals surface area contributed by atoms with Gasteiger partial charge in [-0.15, -0.1) is 0 Å². The van der Waals surface area contributed by atoms with Gasteiger partial charge in [0.2, 0.25) is 0 Å². The maximum absolute atomic E-state index is 13.9. The fourth-order valence-electron chi connectivity index (χ4n) is 3.10. The van der Waals surface area contributed by atoms with Gasteiger partial charge in [0.1, 0.15) is 5.82 Å². The number of rotatable bonds is 4. The molecule has 1 saturated heterocycles. The summed E-state index contributed by atoms with van der Waals surface area (Å²) >= 11 is 0. The van der Waals surface area contributed by atoms with Crippen LogP contribution in [0, 0.1) is 17.1 Å². The van der Waals surface area contributed by atoms with Gasteiger partial charge < -0.3 is 5.32 Å². The molecule has 0 radical (unpaired) electrons. The van der Waals surface area contributed by atoms with Crippen molar-refractivity contribution >= 4 is 5.91 Å². The fourth-order valence-corrected chi connectivity index (χ4v) is 3.10. The molecule has 3 rings (SSSR count). The van der Waals surface area contributed by atoms with E-state index in [0.717, 1.165) is 25.9 Å². The SMILES string of the molecule is N#Cc1ccc(F)c(CN2CCC(NC(=O)c3ccccc3)CC2)c1. The smallest absolute Gasteiger partial charge is 0.251 e. The number of halogens is 1. The van der Waals surface area contributed by atoms with Gasteiger partial charge in [0.25, 0.3) is 5.91 Å². The zero-order valence-corrected chi connectivity index (χ0v) is 13.9. The van der Waals surface area contributed by atoms with Gasteiger partial charge in [0, 0.05) is 36.8 Å². The van der Waals surface area contributed by atoms with Crippen LogP contribution in [0.5, 0.6) is 0 Å². The van der Waals surface area contributed by atoms with Crippen molar-refractivity contribution in [3.63, 3.8) is 0 Å². The Kier molecular flexibility index (Phi) is 5.42. The molecule has 0 aromatic heterocycles. The molecule has 1 heterocycles. The van der Waals surface area contributed by atoms with E-state index in [2.05, 4.69) is 10.2 Å². The van der Waals surface area contributed by atoms with Crippen molar-refractivity contribution in [2.45, 2.75) is 25.4 Å². The number of nitriles is 1. The molecule has 1 fully saturated rings. The summed E-state index contributed by atoms with van der Waals surface area (Å²) in [5.74, 6) is -0.328. The lowest BCUT2D eigenvalue weighted by Gasteiger charge is -2.32. The molecule has 4 nitrogen and oxygen atoms in total. The molecule has 0 aliphatic carbocycles. The van der Waals surface area contributed by atoms with E-state index in [1.807, 2.05) is 24.3 Å². The number of hydrogen-bond donors (Lipinski definition) is 1. The Morgan fingerprint density at radius 2 is 1.92 bits per heavy atom. The number of nitrogens with one attached hydrogen (secondary N) is 1. The summed E-state index contributed by atoms with van der Waals surface area (Å²) in [5, 5.41) is 12.0. The Morgan fingerprint density at radius 1 is 1.20 bits per heavy atom. The van der Waals surface area contributed by atoms with Gasteiger partial charge in [-0.2, -0.15) is 5.26 Å². The Morgan fingerprint density at radius 3 is 2.60 bits per heavy atom. The van der Waals surface area contributed by atoms with E-state index in [-0.39, 0.29) is 17.8 Å². The van der Waals surface area contributed by atoms with Crippen LogP contribution in [-0.4, -0.2) is 29.9 Å². The highest BCUT2D eigenvalue weighted by Crippen LogP contribution is 2.17. The predicted molar refractivity (Wildman–Crippen MR) is 93.3 cm³/mol. The fraction of sp³-hybridized carbons (Fsp3) is 0.300. The van der Waals surface area contributed by atoms with E-state index in [1.54, 1.807) is 18.2 Å². The van der Waals surface area contributed by atoms with Gasteiger partial charge in [-0.3, -0.25) is 9.69 Å². The summed E-state index contributed by atoms with van der Waals surface area (Å²) < 4.78 is 13.9. The van der Waals surface area contributed by atoms with Crippen LogP contribution in [0.1, 0.15) is 34.3 Å². The van der Waals surface area contributed by atoms with E-state index < -0.39 is 0 Å². The van der Waals surface area contributed by atoms with Crippen molar-refractivity contribution in [1.82, 2.24) is 10.2 Å². The number of carbonyl (C=O) groups is 1. The first-order valence-electron chi connectivity index (χ1n) is 8.42. The molecule has 25 heavy (non-hydrogen) atoms. The van der Waals surface area contributed by atoms with E-state index in [0.29, 0.717) is 23.2 Å². The van der Waals surface area contributed by atoms with Crippen molar-refractivity contribution in [3.05, 3.63) is 71.0 Å². The number of hydrogen-bond acceptors (Lipinski definition) is 3. The minimum Gasteiger partial charge on any atom is -0.349 e. The molecule has 1 aliphatic rings. The van der Waals surface area contributed by atoms with E-state index in [9.17, 15) is 9.18 Å². The summed E-state index contributed by atoms with van der Waals surface area (Å²) in [4.78, 5) is 14.4. The number of likely N-dealkylation sites (tertiary alicyclic amines) is 1. The van der Waals surface area contributed by atoms with Crippen molar-refractivity contribution in [1.29, 1.82) is 5.26 Å². The van der Waals surface area contributed by atoms with Gasteiger partial charge in [0.05, 0.1) is 11.6 Å². The lowest BCUT2D eigenvalue weighted by molar-refractivity contribution is 0.0908. The Hall–Kier alpha value is -2.71. The molecule has 128 valence electrons. The van der Waals surface area contributed by atoms with Crippen LogP contribution in [0.4, 0.5) is 4.39 Å². The van der Waals surface area contributed by atoms with Crippen molar-refractivity contribution in [2.24, 2.45) is 0 Å². The van der Waals surface area contributed by atoms with Gasteiger partial charge in [-0.1, -0.05) is 18.2 Å². The average molecular weight is 337 g/mol. The Bertz CT molecular complexity index is 777. The summed E-state index contributed by atoms with van der Waals surface area (Å²) in [6.45, 7) is 2.06. The molecule has 0 saturated carbocycles. The van der Waals surface area contributed by atoms with Crippen LogP contribution < -0.4 is 5.32 Å². The number of benzene rings is 2.